The summed E-state index contributed by atoms with van der Waals surface area (Å²) in [6.07, 6.45) is 5.27. The van der Waals surface area contributed by atoms with Gasteiger partial charge in [-0.05, 0) is 69.5 Å². The molecule has 0 saturated heterocycles. The first-order valence-electron chi connectivity index (χ1n) is 15.1. The molecule has 12 heteroatoms. The fourth-order valence-electron chi connectivity index (χ4n) is 5.57. The molecule has 5 rings (SSSR count). The number of nitrogens with zero attached hydrogens (tertiary/aromatic N) is 3. The normalized spacial score (nSPS) is 18.9. The van der Waals surface area contributed by atoms with Crippen molar-refractivity contribution in [2.24, 2.45) is 5.92 Å². The van der Waals surface area contributed by atoms with Crippen molar-refractivity contribution in [3.8, 4) is 17.0 Å². The van der Waals surface area contributed by atoms with Gasteiger partial charge in [-0.25, -0.2) is 19.2 Å². The van der Waals surface area contributed by atoms with Crippen LogP contribution in [0, 0.1) is 18.7 Å². The van der Waals surface area contributed by atoms with E-state index in [9.17, 15) is 14.0 Å². The SMILES string of the molecule is Cc1c(C(=O)N[C@H]2CC[C@H](NC(=O)O)CC2)c2ncnc(-c3ccc(F)cc3OCC3CC3)c2n1COCC[Si](C)(C)C. The highest BCUT2D eigenvalue weighted by atomic mass is 28.3. The highest BCUT2D eigenvalue weighted by molar-refractivity contribution is 6.76. The average Bonchev–Trinajstić information content (AvgIpc) is 3.72. The van der Waals surface area contributed by atoms with E-state index in [1.54, 1.807) is 6.07 Å². The number of carbonyl (C=O) groups is 2. The van der Waals surface area contributed by atoms with Gasteiger partial charge in [0.15, 0.2) is 0 Å². The van der Waals surface area contributed by atoms with Crippen molar-refractivity contribution < 1.29 is 28.6 Å². The third-order valence-corrected chi connectivity index (χ3v) is 10.0. The molecule has 0 unspecified atom stereocenters. The van der Waals surface area contributed by atoms with Crippen LogP contribution < -0.4 is 15.4 Å². The molecule has 2 aliphatic carbocycles. The molecule has 2 fully saturated rings. The molecule has 2 heterocycles. The van der Waals surface area contributed by atoms with Gasteiger partial charge < -0.3 is 29.8 Å². The first kappa shape index (κ1) is 30.9. The van der Waals surface area contributed by atoms with E-state index in [1.807, 2.05) is 11.5 Å². The number of ether oxygens (including phenoxy) is 2. The van der Waals surface area contributed by atoms with Crippen molar-refractivity contribution in [2.75, 3.05) is 13.2 Å². The van der Waals surface area contributed by atoms with Crippen LogP contribution in [0.5, 0.6) is 5.75 Å². The zero-order valence-corrected chi connectivity index (χ0v) is 26.4. The number of fused-ring (bicyclic) bond motifs is 1. The Balaban J connectivity index is 1.49. The Hall–Kier alpha value is -3.51. The van der Waals surface area contributed by atoms with Gasteiger partial charge in [0.25, 0.3) is 5.91 Å². The Labute approximate surface area is 252 Å². The van der Waals surface area contributed by atoms with Gasteiger partial charge in [-0.1, -0.05) is 19.6 Å². The van der Waals surface area contributed by atoms with Crippen LogP contribution in [-0.2, 0) is 11.5 Å². The van der Waals surface area contributed by atoms with Gasteiger partial charge in [0.05, 0.1) is 17.7 Å². The Morgan fingerprint density at radius 2 is 1.77 bits per heavy atom. The molecule has 0 radical (unpaired) electrons. The van der Waals surface area contributed by atoms with E-state index in [2.05, 4.69) is 40.2 Å². The fraction of sp³-hybridized carbons (Fsp3) is 0.548. The molecule has 0 spiro atoms. The first-order chi connectivity index (χ1) is 20.5. The predicted molar refractivity (Wildman–Crippen MR) is 165 cm³/mol. The molecule has 3 N–H and O–H groups in total. The Morgan fingerprint density at radius 3 is 2.42 bits per heavy atom. The van der Waals surface area contributed by atoms with Crippen LogP contribution in [0.25, 0.3) is 22.3 Å². The van der Waals surface area contributed by atoms with E-state index >= 15 is 0 Å². The molecule has 2 aliphatic rings. The smallest absolute Gasteiger partial charge is 0.404 e. The van der Waals surface area contributed by atoms with E-state index in [0.717, 1.165) is 18.9 Å². The van der Waals surface area contributed by atoms with Crippen molar-refractivity contribution in [3.63, 3.8) is 0 Å². The second-order valence-electron chi connectivity index (χ2n) is 13.0. The van der Waals surface area contributed by atoms with E-state index in [1.165, 1.54) is 18.5 Å². The minimum absolute atomic E-state index is 0.0778. The van der Waals surface area contributed by atoms with Crippen LogP contribution in [0.2, 0.25) is 25.7 Å². The van der Waals surface area contributed by atoms with Gasteiger partial charge in [-0.15, -0.1) is 0 Å². The second-order valence-corrected chi connectivity index (χ2v) is 18.6. The molecule has 2 aromatic heterocycles. The summed E-state index contributed by atoms with van der Waals surface area (Å²) in [5.74, 6) is 0.258. The van der Waals surface area contributed by atoms with Gasteiger partial charge >= 0.3 is 6.09 Å². The zero-order valence-electron chi connectivity index (χ0n) is 25.4. The number of hydrogen-bond donors (Lipinski definition) is 3. The van der Waals surface area contributed by atoms with Gasteiger partial charge in [0.2, 0.25) is 0 Å². The third kappa shape index (κ3) is 7.72. The molecule has 3 aromatic rings. The number of nitrogens with one attached hydrogen (secondary N) is 2. The maximum Gasteiger partial charge on any atom is 0.404 e. The van der Waals surface area contributed by atoms with Gasteiger partial charge in [0, 0.05) is 44.1 Å². The summed E-state index contributed by atoms with van der Waals surface area (Å²) in [7, 11) is -1.32. The van der Waals surface area contributed by atoms with Crippen LogP contribution in [0.4, 0.5) is 9.18 Å². The Bertz CT molecular complexity index is 1480. The molecular formula is C31H42FN5O5Si. The number of carbonyl (C=O) groups excluding carboxylic acids is 1. The predicted octanol–water partition coefficient (Wildman–Crippen LogP) is 5.96. The minimum atomic E-state index is -1.32. The highest BCUT2D eigenvalue weighted by Gasteiger charge is 2.29. The van der Waals surface area contributed by atoms with Crippen LogP contribution in [-0.4, -0.2) is 65.0 Å². The summed E-state index contributed by atoms with van der Waals surface area (Å²) < 4.78 is 28.5. The van der Waals surface area contributed by atoms with Crippen molar-refractivity contribution in [1.29, 1.82) is 0 Å². The number of carboxylic acid groups (broad SMARTS) is 1. The van der Waals surface area contributed by atoms with Crippen LogP contribution in [0.15, 0.2) is 24.5 Å². The lowest BCUT2D eigenvalue weighted by atomic mass is 9.91. The quantitative estimate of drug-likeness (QED) is 0.170. The third-order valence-electron chi connectivity index (χ3n) is 8.30. The Kier molecular flexibility index (Phi) is 9.35. The number of rotatable bonds is 12. The Morgan fingerprint density at radius 1 is 1.07 bits per heavy atom. The van der Waals surface area contributed by atoms with Gasteiger partial charge in [-0.3, -0.25) is 4.79 Å². The number of amides is 2. The lowest BCUT2D eigenvalue weighted by molar-refractivity contribution is 0.0877. The largest absolute Gasteiger partial charge is 0.492 e. The molecule has 1 aromatic carbocycles. The maximum atomic E-state index is 14.4. The van der Waals surface area contributed by atoms with Crippen LogP contribution >= 0.6 is 0 Å². The minimum Gasteiger partial charge on any atom is -0.492 e. The molecule has 0 bridgehead atoms. The molecule has 0 atom stereocenters. The molecule has 10 nitrogen and oxygen atoms in total. The lowest BCUT2D eigenvalue weighted by Gasteiger charge is -2.28. The number of hydrogen-bond acceptors (Lipinski definition) is 6. The molecule has 232 valence electrons. The first-order valence-corrected chi connectivity index (χ1v) is 18.9. The molecule has 2 saturated carbocycles. The number of aromatic nitrogens is 3. The zero-order chi connectivity index (χ0) is 30.7. The summed E-state index contributed by atoms with van der Waals surface area (Å²) in [6.45, 7) is 10.1. The van der Waals surface area contributed by atoms with E-state index < -0.39 is 20.0 Å². The van der Waals surface area contributed by atoms with E-state index in [4.69, 9.17) is 14.6 Å². The summed E-state index contributed by atoms with van der Waals surface area (Å²) >= 11 is 0. The lowest BCUT2D eigenvalue weighted by Crippen LogP contribution is -2.43. The van der Waals surface area contributed by atoms with Crippen molar-refractivity contribution >= 4 is 31.1 Å². The van der Waals surface area contributed by atoms with Crippen molar-refractivity contribution in [3.05, 3.63) is 41.6 Å². The number of halogens is 1. The average molecular weight is 612 g/mol. The van der Waals surface area contributed by atoms with Crippen LogP contribution in [0.3, 0.4) is 0 Å². The summed E-state index contributed by atoms with van der Waals surface area (Å²) in [4.78, 5) is 34.1. The molecule has 0 aliphatic heterocycles. The van der Waals surface area contributed by atoms with E-state index in [0.29, 0.717) is 84.1 Å². The standard InChI is InChI=1S/C31H42FN5O5Si/c1-19-26(30(38)35-22-8-10-23(11-9-22)36-31(39)40)28-29(37(19)18-41-13-14-43(2,3)4)27(33-17-34-28)24-12-7-21(32)15-25(24)42-16-20-5-6-20/h7,12,15,17,20,22-23,36H,5-6,8-11,13-14,16,18H2,1-4H3,(H,35,38)(H,39,40)/t22-,23-. The summed E-state index contributed by atoms with van der Waals surface area (Å²) in [5, 5.41) is 14.7. The number of benzene rings is 1. The molecular weight excluding hydrogens is 569 g/mol. The molecule has 43 heavy (non-hydrogen) atoms. The van der Waals surface area contributed by atoms with Crippen molar-refractivity contribution in [2.45, 2.75) is 89.9 Å². The van der Waals surface area contributed by atoms with E-state index in [-0.39, 0.29) is 24.7 Å². The van der Waals surface area contributed by atoms with Crippen LogP contribution in [0.1, 0.15) is 54.6 Å². The van der Waals surface area contributed by atoms with Crippen molar-refractivity contribution in [1.82, 2.24) is 25.2 Å². The monoisotopic (exact) mass is 611 g/mol. The highest BCUT2D eigenvalue weighted by Crippen LogP contribution is 2.38. The topological polar surface area (TPSA) is 128 Å². The summed E-state index contributed by atoms with van der Waals surface area (Å²) in [6, 6.07) is 5.26. The molecule has 2 amide bonds. The summed E-state index contributed by atoms with van der Waals surface area (Å²) in [5.41, 5.74) is 3.45. The maximum absolute atomic E-state index is 14.4. The van der Waals surface area contributed by atoms with Gasteiger partial charge in [0.1, 0.15) is 35.8 Å². The van der Waals surface area contributed by atoms with Gasteiger partial charge in [-0.2, -0.15) is 0 Å². The fourth-order valence-corrected chi connectivity index (χ4v) is 6.33. The second kappa shape index (κ2) is 13.0.